The first kappa shape index (κ1) is 12.1. The maximum Gasteiger partial charge on any atom is 0.154 e. The maximum absolute atomic E-state index is 13.8. The van der Waals surface area contributed by atoms with Gasteiger partial charge in [0, 0.05) is 33.8 Å². The molecule has 0 saturated carbocycles. The highest BCUT2D eigenvalue weighted by molar-refractivity contribution is 7.92. The molecule has 0 radical (unpaired) electrons. The SMILES string of the molecule is C[C@@H](N)c1cccc(N=S(C)(C)=O)c1F. The van der Waals surface area contributed by atoms with Crippen LogP contribution >= 0.6 is 0 Å². The molecule has 0 spiro atoms. The topological polar surface area (TPSA) is 55.4 Å². The molecule has 5 heteroatoms. The molecule has 0 heterocycles. The van der Waals surface area contributed by atoms with E-state index < -0.39 is 21.6 Å². The van der Waals surface area contributed by atoms with Crippen LogP contribution in [-0.4, -0.2) is 16.7 Å². The maximum atomic E-state index is 13.8. The molecule has 0 bridgehead atoms. The van der Waals surface area contributed by atoms with Crippen molar-refractivity contribution < 1.29 is 8.60 Å². The Morgan fingerprint density at radius 3 is 2.53 bits per heavy atom. The van der Waals surface area contributed by atoms with Gasteiger partial charge in [0.2, 0.25) is 0 Å². The number of nitrogens with two attached hydrogens (primary N) is 1. The number of halogens is 1. The van der Waals surface area contributed by atoms with E-state index in [1.54, 1.807) is 19.1 Å². The molecule has 2 N–H and O–H groups in total. The number of nitrogens with zero attached hydrogens (tertiary/aromatic N) is 1. The summed E-state index contributed by atoms with van der Waals surface area (Å²) in [5.41, 5.74) is 6.09. The quantitative estimate of drug-likeness (QED) is 0.846. The summed E-state index contributed by atoms with van der Waals surface area (Å²) < 4.78 is 29.0. The van der Waals surface area contributed by atoms with Crippen LogP contribution in [0.3, 0.4) is 0 Å². The summed E-state index contributed by atoms with van der Waals surface area (Å²) in [7, 11) is -2.35. The molecule has 3 nitrogen and oxygen atoms in total. The van der Waals surface area contributed by atoms with E-state index in [4.69, 9.17) is 5.73 Å². The van der Waals surface area contributed by atoms with E-state index in [-0.39, 0.29) is 5.69 Å². The minimum atomic E-state index is -2.35. The third kappa shape index (κ3) is 3.28. The van der Waals surface area contributed by atoms with Crippen LogP contribution in [0.4, 0.5) is 10.1 Å². The van der Waals surface area contributed by atoms with Crippen LogP contribution in [-0.2, 0) is 9.73 Å². The predicted molar refractivity (Wildman–Crippen MR) is 61.1 cm³/mol. The summed E-state index contributed by atoms with van der Waals surface area (Å²) in [6.07, 6.45) is 2.93. The van der Waals surface area contributed by atoms with Crippen molar-refractivity contribution in [1.29, 1.82) is 0 Å². The van der Waals surface area contributed by atoms with E-state index in [0.717, 1.165) is 0 Å². The molecule has 0 aliphatic carbocycles. The highest BCUT2D eigenvalue weighted by atomic mass is 32.2. The molecule has 1 rings (SSSR count). The summed E-state index contributed by atoms with van der Waals surface area (Å²) >= 11 is 0. The van der Waals surface area contributed by atoms with E-state index in [1.807, 2.05) is 0 Å². The smallest absolute Gasteiger partial charge is 0.154 e. The molecular weight excluding hydrogens is 215 g/mol. The van der Waals surface area contributed by atoms with E-state index in [0.29, 0.717) is 5.56 Å². The summed E-state index contributed by atoms with van der Waals surface area (Å²) in [5, 5.41) is 0. The molecule has 0 unspecified atom stereocenters. The van der Waals surface area contributed by atoms with Gasteiger partial charge in [-0.1, -0.05) is 12.1 Å². The molecule has 1 aromatic carbocycles. The van der Waals surface area contributed by atoms with Crippen molar-refractivity contribution in [2.75, 3.05) is 12.5 Å². The standard InChI is InChI=1S/C10H15FN2OS/c1-7(12)8-5-4-6-9(10(8)11)13-15(2,3)14/h4-7H,12H2,1-3H3/t7-/m1/s1. The predicted octanol–water partition coefficient (Wildman–Crippen LogP) is 2.20. The van der Waals surface area contributed by atoms with Crippen LogP contribution in [0.25, 0.3) is 0 Å². The van der Waals surface area contributed by atoms with Crippen LogP contribution < -0.4 is 5.73 Å². The first-order valence-electron chi connectivity index (χ1n) is 4.52. The van der Waals surface area contributed by atoms with Crippen LogP contribution in [0, 0.1) is 5.82 Å². The third-order valence-corrected chi connectivity index (χ3v) is 2.45. The highest BCUT2D eigenvalue weighted by Crippen LogP contribution is 2.25. The molecule has 84 valence electrons. The zero-order chi connectivity index (χ0) is 11.6. The van der Waals surface area contributed by atoms with Gasteiger partial charge in [-0.05, 0) is 13.0 Å². The molecule has 0 aliphatic rings. The Balaban J connectivity index is 3.35. The number of benzene rings is 1. The van der Waals surface area contributed by atoms with Crippen LogP contribution in [0.5, 0.6) is 0 Å². The Morgan fingerprint density at radius 2 is 2.07 bits per heavy atom. The average molecular weight is 230 g/mol. The monoisotopic (exact) mass is 230 g/mol. The van der Waals surface area contributed by atoms with Gasteiger partial charge in [0.25, 0.3) is 0 Å². The molecule has 0 saturated heterocycles. The Hall–Kier alpha value is -0.940. The lowest BCUT2D eigenvalue weighted by Gasteiger charge is -2.08. The second-order valence-electron chi connectivity index (χ2n) is 3.74. The van der Waals surface area contributed by atoms with Crippen molar-refractivity contribution in [2.24, 2.45) is 10.1 Å². The molecule has 0 amide bonds. The number of hydrogen-bond acceptors (Lipinski definition) is 3. The van der Waals surface area contributed by atoms with Crippen LogP contribution in [0.2, 0.25) is 0 Å². The third-order valence-electron chi connectivity index (χ3n) is 1.82. The largest absolute Gasteiger partial charge is 0.324 e. The van der Waals surface area contributed by atoms with Crippen LogP contribution in [0.15, 0.2) is 22.6 Å². The minimum Gasteiger partial charge on any atom is -0.324 e. The average Bonchev–Trinajstić information content (AvgIpc) is 2.05. The molecule has 0 aromatic heterocycles. The lowest BCUT2D eigenvalue weighted by molar-refractivity contribution is 0.596. The van der Waals surface area contributed by atoms with E-state index in [2.05, 4.69) is 4.36 Å². The second-order valence-corrected chi connectivity index (χ2v) is 6.29. The van der Waals surface area contributed by atoms with E-state index >= 15 is 0 Å². The molecular formula is C10H15FN2OS. The molecule has 0 fully saturated rings. The fourth-order valence-corrected chi connectivity index (χ4v) is 1.81. The Morgan fingerprint density at radius 1 is 1.47 bits per heavy atom. The van der Waals surface area contributed by atoms with Gasteiger partial charge in [0.15, 0.2) is 5.82 Å². The second kappa shape index (κ2) is 4.28. The van der Waals surface area contributed by atoms with Gasteiger partial charge in [0.1, 0.15) is 5.69 Å². The molecule has 15 heavy (non-hydrogen) atoms. The van der Waals surface area contributed by atoms with Crippen LogP contribution in [0.1, 0.15) is 18.5 Å². The normalized spacial score (nSPS) is 13.7. The molecule has 0 aliphatic heterocycles. The van der Waals surface area contributed by atoms with E-state index in [9.17, 15) is 8.60 Å². The van der Waals surface area contributed by atoms with Gasteiger partial charge < -0.3 is 5.73 Å². The first-order chi connectivity index (χ1) is 6.81. The lowest BCUT2D eigenvalue weighted by atomic mass is 10.1. The Bertz CT molecular complexity index is 468. The van der Waals surface area contributed by atoms with Crippen molar-refractivity contribution in [3.63, 3.8) is 0 Å². The summed E-state index contributed by atoms with van der Waals surface area (Å²) in [6, 6.07) is 4.36. The fraction of sp³-hybridized carbons (Fsp3) is 0.400. The zero-order valence-corrected chi connectivity index (χ0v) is 9.84. The van der Waals surface area contributed by atoms with Gasteiger partial charge >= 0.3 is 0 Å². The van der Waals surface area contributed by atoms with Gasteiger partial charge in [0.05, 0.1) is 0 Å². The van der Waals surface area contributed by atoms with Gasteiger partial charge in [-0.3, -0.25) is 0 Å². The summed E-state index contributed by atoms with van der Waals surface area (Å²) in [5.74, 6) is -0.482. The van der Waals surface area contributed by atoms with Gasteiger partial charge in [-0.25, -0.2) is 8.60 Å². The highest BCUT2D eigenvalue weighted by Gasteiger charge is 2.11. The van der Waals surface area contributed by atoms with Crippen molar-refractivity contribution in [2.45, 2.75) is 13.0 Å². The number of rotatable bonds is 2. The summed E-state index contributed by atoms with van der Waals surface area (Å²) in [6.45, 7) is 1.69. The minimum absolute atomic E-state index is 0.111. The molecule has 1 aromatic rings. The Labute approximate surface area is 89.7 Å². The van der Waals surface area contributed by atoms with Gasteiger partial charge in [-0.2, -0.15) is 4.36 Å². The number of hydrogen-bond donors (Lipinski definition) is 1. The van der Waals surface area contributed by atoms with Crippen molar-refractivity contribution in [3.8, 4) is 0 Å². The first-order valence-corrected chi connectivity index (χ1v) is 6.85. The zero-order valence-electron chi connectivity index (χ0n) is 9.03. The molecule has 1 atom stereocenters. The van der Waals surface area contributed by atoms with Gasteiger partial charge in [-0.15, -0.1) is 0 Å². The van der Waals surface area contributed by atoms with Crippen molar-refractivity contribution >= 4 is 15.4 Å². The fourth-order valence-electron chi connectivity index (χ4n) is 1.20. The summed E-state index contributed by atoms with van der Waals surface area (Å²) in [4.78, 5) is 0. The van der Waals surface area contributed by atoms with Crippen molar-refractivity contribution in [3.05, 3.63) is 29.6 Å². The van der Waals surface area contributed by atoms with Crippen molar-refractivity contribution in [1.82, 2.24) is 0 Å². The lowest BCUT2D eigenvalue weighted by Crippen LogP contribution is -2.07. The van der Waals surface area contributed by atoms with E-state index in [1.165, 1.54) is 18.6 Å². The Kier molecular flexibility index (Phi) is 3.46.